The molecule has 24 heavy (non-hydrogen) atoms. The zero-order valence-corrected chi connectivity index (χ0v) is 14.5. The molecule has 7 nitrogen and oxygen atoms in total. The smallest absolute Gasteiger partial charge is 0.272 e. The van der Waals surface area contributed by atoms with E-state index in [1.165, 1.54) is 0 Å². The molecule has 1 N–H and O–H groups in total. The van der Waals surface area contributed by atoms with Gasteiger partial charge in [-0.2, -0.15) is 5.10 Å². The van der Waals surface area contributed by atoms with Crippen molar-refractivity contribution in [2.24, 2.45) is 0 Å². The Morgan fingerprint density at radius 3 is 3.04 bits per heavy atom. The third-order valence-electron chi connectivity index (χ3n) is 5.48. The normalized spacial score (nSPS) is 29.7. The van der Waals surface area contributed by atoms with Gasteiger partial charge in [-0.3, -0.25) is 9.48 Å². The first-order valence-electron chi connectivity index (χ1n) is 8.75. The minimum Gasteiger partial charge on any atom is -0.394 e. The van der Waals surface area contributed by atoms with Crippen LogP contribution in [0.25, 0.3) is 0 Å². The highest BCUT2D eigenvalue weighted by Crippen LogP contribution is 2.43. The Labute approximate surface area is 142 Å². The molecule has 2 heterocycles. The lowest BCUT2D eigenvalue weighted by molar-refractivity contribution is -0.0992. The van der Waals surface area contributed by atoms with E-state index in [1.54, 1.807) is 24.1 Å². The summed E-state index contributed by atoms with van der Waals surface area (Å²) in [5.41, 5.74) is 0.356. The molecule has 1 amide bonds. The Balaban J connectivity index is 1.80. The molecular formula is C17H27N3O4. The van der Waals surface area contributed by atoms with E-state index >= 15 is 0 Å². The molecule has 0 unspecified atom stereocenters. The number of hydrogen-bond donors (Lipinski definition) is 1. The summed E-state index contributed by atoms with van der Waals surface area (Å²) in [5, 5.41) is 13.2. The van der Waals surface area contributed by atoms with Crippen molar-refractivity contribution < 1.29 is 19.4 Å². The van der Waals surface area contributed by atoms with Crippen LogP contribution < -0.4 is 0 Å². The highest BCUT2D eigenvalue weighted by atomic mass is 16.5. The number of aryl methyl sites for hydroxylation is 1. The van der Waals surface area contributed by atoms with Gasteiger partial charge >= 0.3 is 0 Å². The van der Waals surface area contributed by atoms with Crippen LogP contribution in [0.5, 0.6) is 0 Å². The number of fused-ring (bicyclic) bond motifs is 1. The predicted molar refractivity (Wildman–Crippen MR) is 87.8 cm³/mol. The Kier molecular flexibility index (Phi) is 5.22. The van der Waals surface area contributed by atoms with Crippen LogP contribution in [0.4, 0.5) is 0 Å². The zero-order valence-electron chi connectivity index (χ0n) is 14.5. The van der Waals surface area contributed by atoms with Gasteiger partial charge in [0, 0.05) is 26.4 Å². The molecule has 1 aromatic rings. The van der Waals surface area contributed by atoms with Crippen LogP contribution >= 0.6 is 0 Å². The van der Waals surface area contributed by atoms with Crippen LogP contribution in [0.2, 0.25) is 0 Å². The second-order valence-corrected chi connectivity index (χ2v) is 6.56. The van der Waals surface area contributed by atoms with Crippen molar-refractivity contribution >= 4 is 5.91 Å². The van der Waals surface area contributed by atoms with Gasteiger partial charge in [0.15, 0.2) is 0 Å². The number of amides is 1. The number of aromatic nitrogens is 2. The third-order valence-corrected chi connectivity index (χ3v) is 5.48. The minimum atomic E-state index is -0.272. The number of likely N-dealkylation sites (tertiary alicyclic amines) is 1. The van der Waals surface area contributed by atoms with E-state index in [2.05, 4.69) is 5.10 Å². The zero-order chi connectivity index (χ0) is 17.2. The van der Waals surface area contributed by atoms with E-state index in [4.69, 9.17) is 14.6 Å². The molecule has 1 aromatic heterocycles. The maximum Gasteiger partial charge on any atom is 0.272 e. The summed E-state index contributed by atoms with van der Waals surface area (Å²) in [5.74, 6) is 0.0149. The number of carbonyl (C=O) groups excluding carboxylic acids is 1. The van der Waals surface area contributed by atoms with Crippen molar-refractivity contribution in [3.8, 4) is 0 Å². The second kappa shape index (κ2) is 7.21. The van der Waals surface area contributed by atoms with Crippen molar-refractivity contribution in [2.45, 2.75) is 56.9 Å². The lowest BCUT2D eigenvalue weighted by Crippen LogP contribution is -2.53. The fourth-order valence-electron chi connectivity index (χ4n) is 4.19. The summed E-state index contributed by atoms with van der Waals surface area (Å²) in [7, 11) is 1.74. The van der Waals surface area contributed by atoms with Gasteiger partial charge in [0.25, 0.3) is 5.91 Å². The molecule has 1 aliphatic carbocycles. The Bertz CT molecular complexity index is 576. The molecule has 1 aliphatic heterocycles. The average Bonchev–Trinajstić information content (AvgIpc) is 3.23. The molecule has 1 saturated carbocycles. The molecular weight excluding hydrogens is 310 g/mol. The Morgan fingerprint density at radius 1 is 1.50 bits per heavy atom. The SMILES string of the molecule is CCn1nccc1C(=O)N1CC[C@]2(OC)CC[C@@H](OCCO)C[C@H]12. The van der Waals surface area contributed by atoms with Gasteiger partial charge in [0.2, 0.25) is 0 Å². The van der Waals surface area contributed by atoms with Crippen molar-refractivity contribution in [1.82, 2.24) is 14.7 Å². The lowest BCUT2D eigenvalue weighted by atomic mass is 9.79. The number of nitrogens with zero attached hydrogens (tertiary/aromatic N) is 3. The van der Waals surface area contributed by atoms with Gasteiger partial charge in [-0.05, 0) is 38.7 Å². The summed E-state index contributed by atoms with van der Waals surface area (Å²) >= 11 is 0. The van der Waals surface area contributed by atoms with Crippen LogP contribution in [-0.2, 0) is 16.0 Å². The van der Waals surface area contributed by atoms with Crippen molar-refractivity contribution in [2.75, 3.05) is 26.9 Å². The molecule has 0 radical (unpaired) electrons. The van der Waals surface area contributed by atoms with Gasteiger partial charge in [-0.25, -0.2) is 0 Å². The first-order chi connectivity index (χ1) is 11.6. The van der Waals surface area contributed by atoms with E-state index in [0.29, 0.717) is 25.4 Å². The number of methoxy groups -OCH3 is 1. The molecule has 0 spiro atoms. The number of rotatable bonds is 6. The van der Waals surface area contributed by atoms with E-state index in [-0.39, 0.29) is 30.3 Å². The molecule has 7 heteroatoms. The van der Waals surface area contributed by atoms with Crippen LogP contribution in [0.3, 0.4) is 0 Å². The molecule has 0 bridgehead atoms. The molecule has 3 atom stereocenters. The molecule has 134 valence electrons. The summed E-state index contributed by atoms with van der Waals surface area (Å²) in [6, 6.07) is 1.79. The van der Waals surface area contributed by atoms with E-state index in [0.717, 1.165) is 25.7 Å². The van der Waals surface area contributed by atoms with Gasteiger partial charge in [0.05, 0.1) is 31.0 Å². The number of aliphatic hydroxyl groups excluding tert-OH is 1. The lowest BCUT2D eigenvalue weighted by Gasteiger charge is -2.43. The fourth-order valence-corrected chi connectivity index (χ4v) is 4.19. The van der Waals surface area contributed by atoms with Crippen LogP contribution in [-0.4, -0.2) is 70.3 Å². The van der Waals surface area contributed by atoms with Gasteiger partial charge in [-0.1, -0.05) is 0 Å². The van der Waals surface area contributed by atoms with Crippen LogP contribution in [0.15, 0.2) is 12.3 Å². The van der Waals surface area contributed by atoms with Crippen molar-refractivity contribution in [1.29, 1.82) is 0 Å². The summed E-state index contributed by atoms with van der Waals surface area (Å²) < 4.78 is 13.4. The predicted octanol–water partition coefficient (Wildman–Crippen LogP) is 1.06. The highest BCUT2D eigenvalue weighted by Gasteiger charge is 2.53. The summed E-state index contributed by atoms with van der Waals surface area (Å²) in [6.07, 6.45) is 5.12. The maximum atomic E-state index is 13.1. The van der Waals surface area contributed by atoms with Crippen molar-refractivity contribution in [3.05, 3.63) is 18.0 Å². The van der Waals surface area contributed by atoms with Gasteiger partial charge < -0.3 is 19.5 Å². The van der Waals surface area contributed by atoms with Crippen LogP contribution in [0, 0.1) is 0 Å². The maximum absolute atomic E-state index is 13.1. The third kappa shape index (κ3) is 2.96. The molecule has 0 aromatic carbocycles. The molecule has 2 aliphatic rings. The first-order valence-corrected chi connectivity index (χ1v) is 8.75. The monoisotopic (exact) mass is 337 g/mol. The minimum absolute atomic E-state index is 0.00708. The Hall–Kier alpha value is -1.44. The van der Waals surface area contributed by atoms with E-state index < -0.39 is 0 Å². The average molecular weight is 337 g/mol. The van der Waals surface area contributed by atoms with Crippen molar-refractivity contribution in [3.63, 3.8) is 0 Å². The topological polar surface area (TPSA) is 76.8 Å². The largest absolute Gasteiger partial charge is 0.394 e. The van der Waals surface area contributed by atoms with E-state index in [9.17, 15) is 4.79 Å². The van der Waals surface area contributed by atoms with Gasteiger partial charge in [0.1, 0.15) is 5.69 Å². The highest BCUT2D eigenvalue weighted by molar-refractivity contribution is 5.93. The quantitative estimate of drug-likeness (QED) is 0.840. The Morgan fingerprint density at radius 2 is 2.33 bits per heavy atom. The number of aliphatic hydroxyl groups is 1. The number of ether oxygens (including phenoxy) is 2. The van der Waals surface area contributed by atoms with Crippen LogP contribution in [0.1, 0.15) is 43.1 Å². The molecule has 3 rings (SSSR count). The fraction of sp³-hybridized carbons (Fsp3) is 0.765. The first kappa shape index (κ1) is 17.4. The molecule has 1 saturated heterocycles. The molecule has 2 fully saturated rings. The van der Waals surface area contributed by atoms with Gasteiger partial charge in [-0.15, -0.1) is 0 Å². The summed E-state index contributed by atoms with van der Waals surface area (Å²) in [4.78, 5) is 15.0. The van der Waals surface area contributed by atoms with E-state index in [1.807, 2.05) is 11.8 Å². The summed E-state index contributed by atoms with van der Waals surface area (Å²) in [6.45, 7) is 3.71. The standard InChI is InChI=1S/C17H27N3O4/c1-3-20-14(5-8-18-20)16(22)19-9-7-17(23-2)6-4-13(12-15(17)19)24-11-10-21/h5,8,13,15,21H,3-4,6-7,9-12H2,1-2H3/t13-,15+,17-/m1/s1. The number of carbonyl (C=O) groups is 1. The second-order valence-electron chi connectivity index (χ2n) is 6.56. The number of hydrogen-bond acceptors (Lipinski definition) is 5.